The summed E-state index contributed by atoms with van der Waals surface area (Å²) in [6.45, 7) is 5.60. The van der Waals surface area contributed by atoms with Crippen LogP contribution in [0.2, 0.25) is 0 Å². The van der Waals surface area contributed by atoms with Gasteiger partial charge in [-0.2, -0.15) is 0 Å². The highest BCUT2D eigenvalue weighted by Gasteiger charge is 2.38. The molecule has 1 saturated heterocycles. The molecule has 8 nitrogen and oxygen atoms in total. The third kappa shape index (κ3) is 6.03. The zero-order valence-corrected chi connectivity index (χ0v) is 21.3. The number of hydrogen-bond donors (Lipinski definition) is 2. The third-order valence-electron chi connectivity index (χ3n) is 6.44. The van der Waals surface area contributed by atoms with Crippen LogP contribution in [-0.2, 0) is 17.9 Å². The summed E-state index contributed by atoms with van der Waals surface area (Å²) in [6, 6.07) is 15.1. The van der Waals surface area contributed by atoms with Gasteiger partial charge in [-0.25, -0.2) is 13.9 Å². The summed E-state index contributed by atoms with van der Waals surface area (Å²) in [5.74, 6) is 0.763. The van der Waals surface area contributed by atoms with Crippen molar-refractivity contribution in [3.63, 3.8) is 0 Å². The highest BCUT2D eigenvalue weighted by molar-refractivity contribution is 5.89. The molecule has 2 aromatic carbocycles. The molecule has 0 saturated carbocycles. The van der Waals surface area contributed by atoms with Crippen LogP contribution in [0.3, 0.4) is 0 Å². The Balaban J connectivity index is 1.51. The zero-order valence-electron chi connectivity index (χ0n) is 21.3. The fraction of sp³-hybridized carbons (Fsp3) is 0.407. The Labute approximate surface area is 211 Å². The van der Waals surface area contributed by atoms with Crippen molar-refractivity contribution < 1.29 is 18.7 Å². The minimum Gasteiger partial charge on any atom is -0.473 e. The number of carbonyl (C=O) groups excluding carboxylic acids is 1. The smallest absolute Gasteiger partial charge is 0.320 e. The maximum absolute atomic E-state index is 15.1. The first-order valence-electron chi connectivity index (χ1n) is 12.1. The first-order chi connectivity index (χ1) is 17.3. The third-order valence-corrected chi connectivity index (χ3v) is 6.44. The predicted molar refractivity (Wildman–Crippen MR) is 137 cm³/mol. The Bertz CT molecular complexity index is 1200. The van der Waals surface area contributed by atoms with Crippen LogP contribution in [0.25, 0.3) is 5.69 Å². The van der Waals surface area contributed by atoms with Crippen molar-refractivity contribution in [2.24, 2.45) is 0 Å². The van der Waals surface area contributed by atoms with Crippen LogP contribution >= 0.6 is 0 Å². The van der Waals surface area contributed by atoms with Crippen LogP contribution in [-0.4, -0.2) is 60.2 Å². The molecular formula is C27H34FN5O3. The van der Waals surface area contributed by atoms with Crippen LogP contribution in [0.4, 0.5) is 15.0 Å². The number of nitrogens with zero attached hydrogens (tertiary/aromatic N) is 3. The summed E-state index contributed by atoms with van der Waals surface area (Å²) < 4.78 is 27.8. The van der Waals surface area contributed by atoms with Gasteiger partial charge in [-0.3, -0.25) is 5.32 Å². The normalized spacial score (nSPS) is 17.8. The van der Waals surface area contributed by atoms with E-state index in [0.717, 1.165) is 22.4 Å². The Morgan fingerprint density at radius 1 is 1.19 bits per heavy atom. The number of aromatic nitrogens is 2. The number of rotatable bonds is 9. The van der Waals surface area contributed by atoms with E-state index in [-0.39, 0.29) is 12.6 Å². The van der Waals surface area contributed by atoms with Crippen molar-refractivity contribution in [1.82, 2.24) is 20.0 Å². The molecule has 1 fully saturated rings. The molecule has 1 aromatic heterocycles. The molecule has 1 aliphatic heterocycles. The molecular weight excluding hydrogens is 461 g/mol. The minimum atomic E-state index is -1.42. The highest BCUT2D eigenvalue weighted by Crippen LogP contribution is 2.31. The monoisotopic (exact) mass is 495 g/mol. The SMILES string of the molecule is COCc1ccc(C)c(CNC(=O)Nc2c(C)c(OCC3(F)CCN(C)C3)nn2-c2ccccc2)c1. The van der Waals surface area contributed by atoms with Crippen molar-refractivity contribution >= 4 is 11.8 Å². The molecule has 2 amide bonds. The number of alkyl halides is 1. The molecule has 1 aliphatic rings. The summed E-state index contributed by atoms with van der Waals surface area (Å²) in [5.41, 5.74) is 3.09. The number of ether oxygens (including phenoxy) is 2. The van der Waals surface area contributed by atoms with Crippen molar-refractivity contribution in [2.75, 3.05) is 39.2 Å². The van der Waals surface area contributed by atoms with Crippen molar-refractivity contribution in [3.8, 4) is 11.6 Å². The number of hydrogen-bond acceptors (Lipinski definition) is 5. The first-order valence-corrected chi connectivity index (χ1v) is 12.1. The number of methoxy groups -OCH3 is 1. The molecule has 36 heavy (non-hydrogen) atoms. The molecule has 1 unspecified atom stereocenters. The van der Waals surface area contributed by atoms with Gasteiger partial charge in [0, 0.05) is 26.7 Å². The van der Waals surface area contributed by atoms with Gasteiger partial charge in [0.1, 0.15) is 12.4 Å². The Kier molecular flexibility index (Phi) is 7.91. The molecule has 2 heterocycles. The lowest BCUT2D eigenvalue weighted by Crippen LogP contribution is -2.34. The number of carbonyl (C=O) groups is 1. The maximum atomic E-state index is 15.1. The molecule has 0 bridgehead atoms. The van der Waals surface area contributed by atoms with Gasteiger partial charge < -0.3 is 19.7 Å². The van der Waals surface area contributed by atoms with Gasteiger partial charge in [0.25, 0.3) is 0 Å². The average molecular weight is 496 g/mol. The van der Waals surface area contributed by atoms with Crippen molar-refractivity contribution in [2.45, 2.75) is 39.1 Å². The van der Waals surface area contributed by atoms with E-state index in [4.69, 9.17) is 9.47 Å². The van der Waals surface area contributed by atoms with Crippen molar-refractivity contribution in [3.05, 3.63) is 70.8 Å². The van der Waals surface area contributed by atoms with Crippen LogP contribution in [0.15, 0.2) is 48.5 Å². The fourth-order valence-corrected chi connectivity index (χ4v) is 4.36. The average Bonchev–Trinajstić information content (AvgIpc) is 3.37. The van der Waals surface area contributed by atoms with E-state index in [0.29, 0.717) is 49.9 Å². The van der Waals surface area contributed by atoms with Gasteiger partial charge in [-0.05, 0) is 56.1 Å². The quantitative estimate of drug-likeness (QED) is 0.461. The van der Waals surface area contributed by atoms with E-state index in [1.165, 1.54) is 0 Å². The Hall–Kier alpha value is -3.43. The number of halogens is 1. The summed E-state index contributed by atoms with van der Waals surface area (Å²) in [5, 5.41) is 10.4. The van der Waals surface area contributed by atoms with Gasteiger partial charge in [0.15, 0.2) is 5.67 Å². The number of likely N-dealkylation sites (tertiary alicyclic amines) is 1. The number of nitrogens with one attached hydrogen (secondary N) is 2. The second-order valence-electron chi connectivity index (χ2n) is 9.45. The van der Waals surface area contributed by atoms with Crippen LogP contribution in [0.5, 0.6) is 5.88 Å². The van der Waals surface area contributed by atoms with Crippen LogP contribution in [0.1, 0.15) is 28.7 Å². The minimum absolute atomic E-state index is 0.0906. The Morgan fingerprint density at radius 3 is 2.67 bits per heavy atom. The largest absolute Gasteiger partial charge is 0.473 e. The van der Waals surface area contributed by atoms with Gasteiger partial charge in [0.05, 0.1) is 17.9 Å². The van der Waals surface area contributed by atoms with E-state index in [1.54, 1.807) is 18.7 Å². The van der Waals surface area contributed by atoms with Gasteiger partial charge in [-0.15, -0.1) is 5.10 Å². The maximum Gasteiger partial charge on any atom is 0.320 e. The number of amides is 2. The number of benzene rings is 2. The topological polar surface area (TPSA) is 80.7 Å². The second-order valence-corrected chi connectivity index (χ2v) is 9.45. The van der Waals surface area contributed by atoms with E-state index in [2.05, 4.69) is 15.7 Å². The molecule has 192 valence electrons. The molecule has 1 atom stereocenters. The number of urea groups is 1. The van der Waals surface area contributed by atoms with Crippen LogP contribution in [0, 0.1) is 13.8 Å². The second kappa shape index (κ2) is 11.1. The standard InChI is InChI=1S/C27H34FN5O3/c1-19-10-11-21(16-35-4)14-22(19)15-29-26(34)30-24-20(2)25(31-33(24)23-8-6-5-7-9-23)36-18-27(28)12-13-32(3)17-27/h5-11,14H,12-13,15-18H2,1-4H3,(H2,29,30,34). The summed E-state index contributed by atoms with van der Waals surface area (Å²) in [6.07, 6.45) is 0.417. The molecule has 3 aromatic rings. The van der Waals surface area contributed by atoms with E-state index in [1.807, 2.05) is 67.4 Å². The van der Waals surface area contributed by atoms with E-state index >= 15 is 4.39 Å². The van der Waals surface area contributed by atoms with Crippen molar-refractivity contribution in [1.29, 1.82) is 0 Å². The van der Waals surface area contributed by atoms with Gasteiger partial charge in [0.2, 0.25) is 5.88 Å². The van der Waals surface area contributed by atoms with Gasteiger partial charge >= 0.3 is 6.03 Å². The molecule has 9 heteroatoms. The predicted octanol–water partition coefficient (Wildman–Crippen LogP) is 4.38. The number of anilines is 1. The lowest BCUT2D eigenvalue weighted by molar-refractivity contribution is 0.0905. The molecule has 0 aliphatic carbocycles. The molecule has 2 N–H and O–H groups in total. The van der Waals surface area contributed by atoms with E-state index < -0.39 is 5.67 Å². The Morgan fingerprint density at radius 2 is 1.97 bits per heavy atom. The fourth-order valence-electron chi connectivity index (χ4n) is 4.36. The lowest BCUT2D eigenvalue weighted by atomic mass is 10.1. The number of para-hydroxylation sites is 1. The van der Waals surface area contributed by atoms with Crippen LogP contribution < -0.4 is 15.4 Å². The summed E-state index contributed by atoms with van der Waals surface area (Å²) in [7, 11) is 3.55. The first kappa shape index (κ1) is 25.7. The lowest BCUT2D eigenvalue weighted by Gasteiger charge is -2.19. The molecule has 4 rings (SSSR count). The number of aryl methyl sites for hydroxylation is 1. The highest BCUT2D eigenvalue weighted by atomic mass is 19.1. The van der Waals surface area contributed by atoms with Gasteiger partial charge in [-0.1, -0.05) is 36.4 Å². The molecule has 0 radical (unpaired) electrons. The zero-order chi connectivity index (χ0) is 25.7. The molecule has 0 spiro atoms. The summed E-state index contributed by atoms with van der Waals surface area (Å²) >= 11 is 0. The van der Waals surface area contributed by atoms with E-state index in [9.17, 15) is 4.79 Å². The summed E-state index contributed by atoms with van der Waals surface area (Å²) in [4.78, 5) is 14.9.